The summed E-state index contributed by atoms with van der Waals surface area (Å²) in [5.74, 6) is 1.02. The molecule has 2 N–H and O–H groups in total. The number of nitrogens with one attached hydrogen (secondary N) is 2. The summed E-state index contributed by atoms with van der Waals surface area (Å²) in [6, 6.07) is 8.63. The van der Waals surface area contributed by atoms with E-state index in [1.807, 2.05) is 14.1 Å². The number of rotatable bonds is 7. The minimum Gasteiger partial charge on any atom is -0.357 e. The van der Waals surface area contributed by atoms with Crippen molar-refractivity contribution in [3.8, 4) is 0 Å². The van der Waals surface area contributed by atoms with Crippen molar-refractivity contribution in [2.24, 2.45) is 10.4 Å². The molecule has 1 aliphatic carbocycles. The second kappa shape index (κ2) is 9.60. The van der Waals surface area contributed by atoms with Crippen LogP contribution in [-0.2, 0) is 11.2 Å². The van der Waals surface area contributed by atoms with Crippen molar-refractivity contribution in [3.05, 3.63) is 35.4 Å². The molecule has 5 heteroatoms. The summed E-state index contributed by atoms with van der Waals surface area (Å²) in [4.78, 5) is 19.2. The summed E-state index contributed by atoms with van der Waals surface area (Å²) in [5, 5.41) is 6.71. The maximum Gasteiger partial charge on any atom is 0.230 e. The molecule has 0 saturated heterocycles. The number of hydrogen-bond acceptors (Lipinski definition) is 2. The average Bonchev–Trinajstić information content (AvgIpc) is 3.10. The molecule has 1 aromatic rings. The predicted octanol–water partition coefficient (Wildman–Crippen LogP) is 2.74. The number of aliphatic imine (C=N–C) groups is 1. The van der Waals surface area contributed by atoms with E-state index in [1.54, 1.807) is 4.90 Å². The lowest BCUT2D eigenvalue weighted by Gasteiger charge is -2.29. The average molecular weight is 359 g/mol. The maximum absolute atomic E-state index is 12.7. The molecule has 0 atom stereocenters. The zero-order chi connectivity index (χ0) is 19.0. The Morgan fingerprint density at radius 1 is 1.15 bits per heavy atom. The van der Waals surface area contributed by atoms with Crippen molar-refractivity contribution in [2.75, 3.05) is 33.7 Å². The van der Waals surface area contributed by atoms with Gasteiger partial charge in [0.05, 0.1) is 12.0 Å². The van der Waals surface area contributed by atoms with E-state index in [2.05, 4.69) is 48.7 Å². The van der Waals surface area contributed by atoms with Gasteiger partial charge in [-0.05, 0) is 38.7 Å². The molecule has 26 heavy (non-hydrogen) atoms. The van der Waals surface area contributed by atoms with E-state index in [4.69, 9.17) is 4.99 Å². The van der Waals surface area contributed by atoms with Crippen molar-refractivity contribution in [3.63, 3.8) is 0 Å². The van der Waals surface area contributed by atoms with Crippen LogP contribution in [0.3, 0.4) is 0 Å². The third-order valence-corrected chi connectivity index (χ3v) is 5.13. The second-order valence-electron chi connectivity index (χ2n) is 7.54. The van der Waals surface area contributed by atoms with Crippen LogP contribution in [0.25, 0.3) is 0 Å². The lowest BCUT2D eigenvalue weighted by atomic mass is 9.85. The number of guanidine groups is 1. The van der Waals surface area contributed by atoms with E-state index in [1.165, 1.54) is 11.1 Å². The van der Waals surface area contributed by atoms with Crippen LogP contribution in [-0.4, -0.2) is 50.5 Å². The van der Waals surface area contributed by atoms with Gasteiger partial charge in [-0.25, -0.2) is 0 Å². The van der Waals surface area contributed by atoms with E-state index in [9.17, 15) is 4.79 Å². The largest absolute Gasteiger partial charge is 0.357 e. The summed E-state index contributed by atoms with van der Waals surface area (Å²) in [7, 11) is 3.69. The van der Waals surface area contributed by atoms with Gasteiger partial charge in [-0.1, -0.05) is 42.7 Å². The lowest BCUT2D eigenvalue weighted by molar-refractivity contribution is -0.138. The van der Waals surface area contributed by atoms with Gasteiger partial charge in [0, 0.05) is 27.2 Å². The minimum absolute atomic E-state index is 0.217. The molecule has 0 radical (unpaired) electrons. The van der Waals surface area contributed by atoms with Crippen LogP contribution in [0.1, 0.15) is 43.7 Å². The maximum atomic E-state index is 12.7. The molecular formula is C21H34N4O. The minimum atomic E-state index is -0.317. The summed E-state index contributed by atoms with van der Waals surface area (Å²) >= 11 is 0. The van der Waals surface area contributed by atoms with Gasteiger partial charge in [-0.15, -0.1) is 0 Å². The SMILES string of the molecule is CCNC(=NCC1(C(=O)N(C)C)CCCC1)NCCc1ccc(C)cc1. The fourth-order valence-electron chi connectivity index (χ4n) is 3.62. The van der Waals surface area contributed by atoms with Gasteiger partial charge in [0.25, 0.3) is 0 Å². The summed E-state index contributed by atoms with van der Waals surface area (Å²) in [5.41, 5.74) is 2.28. The Kier molecular flexibility index (Phi) is 7.49. The van der Waals surface area contributed by atoms with Crippen LogP contribution in [0.15, 0.2) is 29.3 Å². The zero-order valence-corrected chi connectivity index (χ0v) is 16.8. The normalized spacial score (nSPS) is 16.4. The van der Waals surface area contributed by atoms with Gasteiger partial charge in [0.15, 0.2) is 5.96 Å². The Balaban J connectivity index is 1.96. The number of carbonyl (C=O) groups is 1. The number of nitrogens with zero attached hydrogens (tertiary/aromatic N) is 2. The number of carbonyl (C=O) groups excluding carboxylic acids is 1. The van der Waals surface area contributed by atoms with Crippen LogP contribution in [0.4, 0.5) is 0 Å². The molecule has 0 heterocycles. The van der Waals surface area contributed by atoms with Crippen LogP contribution in [0.5, 0.6) is 0 Å². The first kappa shape index (κ1) is 20.3. The van der Waals surface area contributed by atoms with E-state index < -0.39 is 0 Å². The summed E-state index contributed by atoms with van der Waals surface area (Å²) < 4.78 is 0. The smallest absolute Gasteiger partial charge is 0.230 e. The Labute approximate surface area is 158 Å². The van der Waals surface area contributed by atoms with Crippen LogP contribution in [0, 0.1) is 12.3 Å². The van der Waals surface area contributed by atoms with Crippen molar-refractivity contribution in [1.29, 1.82) is 0 Å². The van der Waals surface area contributed by atoms with Crippen LogP contribution in [0.2, 0.25) is 0 Å². The molecule has 1 aliphatic rings. The van der Waals surface area contributed by atoms with Crippen molar-refractivity contribution < 1.29 is 4.79 Å². The fourth-order valence-corrected chi connectivity index (χ4v) is 3.62. The number of amides is 1. The molecule has 0 unspecified atom stereocenters. The van der Waals surface area contributed by atoms with Crippen molar-refractivity contribution in [2.45, 2.75) is 46.0 Å². The molecule has 1 aromatic carbocycles. The molecule has 1 fully saturated rings. The van der Waals surface area contributed by atoms with Crippen LogP contribution >= 0.6 is 0 Å². The molecule has 1 saturated carbocycles. The second-order valence-corrected chi connectivity index (χ2v) is 7.54. The predicted molar refractivity (Wildman–Crippen MR) is 108 cm³/mol. The molecule has 0 aliphatic heterocycles. The monoisotopic (exact) mass is 358 g/mol. The van der Waals surface area contributed by atoms with Gasteiger partial charge in [-0.2, -0.15) is 0 Å². The summed E-state index contributed by atoms with van der Waals surface area (Å²) in [6.45, 7) is 6.36. The highest BCUT2D eigenvalue weighted by Crippen LogP contribution is 2.39. The van der Waals surface area contributed by atoms with Gasteiger partial charge < -0.3 is 15.5 Å². The highest BCUT2D eigenvalue weighted by Gasteiger charge is 2.41. The standard InChI is InChI=1S/C21H34N4O/c1-5-22-20(23-15-12-18-10-8-17(2)9-11-18)24-16-21(13-6-7-14-21)19(26)25(3)4/h8-11H,5-7,12-16H2,1-4H3,(H2,22,23,24). The van der Waals surface area contributed by atoms with Gasteiger partial charge in [0.2, 0.25) is 5.91 Å². The number of aryl methyl sites for hydroxylation is 1. The van der Waals surface area contributed by atoms with Crippen molar-refractivity contribution in [1.82, 2.24) is 15.5 Å². The number of hydrogen-bond donors (Lipinski definition) is 2. The van der Waals surface area contributed by atoms with E-state index in [0.717, 1.165) is 51.2 Å². The Bertz CT molecular complexity index is 601. The first-order chi connectivity index (χ1) is 12.5. The Morgan fingerprint density at radius 2 is 1.81 bits per heavy atom. The third kappa shape index (κ3) is 5.48. The van der Waals surface area contributed by atoms with Gasteiger partial charge in [-0.3, -0.25) is 9.79 Å². The van der Waals surface area contributed by atoms with Crippen LogP contribution < -0.4 is 10.6 Å². The zero-order valence-electron chi connectivity index (χ0n) is 16.8. The molecule has 0 spiro atoms. The molecule has 0 aromatic heterocycles. The van der Waals surface area contributed by atoms with E-state index in [-0.39, 0.29) is 11.3 Å². The van der Waals surface area contributed by atoms with E-state index >= 15 is 0 Å². The highest BCUT2D eigenvalue weighted by molar-refractivity contribution is 5.84. The first-order valence-electron chi connectivity index (χ1n) is 9.76. The molecular weight excluding hydrogens is 324 g/mol. The molecule has 0 bridgehead atoms. The Hall–Kier alpha value is -2.04. The summed E-state index contributed by atoms with van der Waals surface area (Å²) in [6.07, 6.45) is 5.07. The fraction of sp³-hybridized carbons (Fsp3) is 0.619. The first-order valence-corrected chi connectivity index (χ1v) is 9.76. The topological polar surface area (TPSA) is 56.7 Å². The Morgan fingerprint density at radius 3 is 2.38 bits per heavy atom. The molecule has 1 amide bonds. The molecule has 5 nitrogen and oxygen atoms in total. The highest BCUT2D eigenvalue weighted by atomic mass is 16.2. The van der Waals surface area contributed by atoms with Gasteiger partial charge in [0.1, 0.15) is 0 Å². The third-order valence-electron chi connectivity index (χ3n) is 5.13. The number of benzene rings is 1. The lowest BCUT2D eigenvalue weighted by Crippen LogP contribution is -2.43. The quantitative estimate of drug-likeness (QED) is 0.582. The molecule has 144 valence electrons. The van der Waals surface area contributed by atoms with Crippen molar-refractivity contribution >= 4 is 11.9 Å². The van der Waals surface area contributed by atoms with Gasteiger partial charge >= 0.3 is 0 Å². The molecule has 2 rings (SSSR count). The van der Waals surface area contributed by atoms with E-state index in [0.29, 0.717) is 6.54 Å².